The Labute approximate surface area is 182 Å². The third-order valence-electron chi connectivity index (χ3n) is 5.14. The van der Waals surface area contributed by atoms with Gasteiger partial charge in [0.2, 0.25) is 15.9 Å². The van der Waals surface area contributed by atoms with Crippen molar-refractivity contribution in [1.82, 2.24) is 19.3 Å². The molecular formula is C20H27ClN4O4S. The molecule has 30 heavy (non-hydrogen) atoms. The highest BCUT2D eigenvalue weighted by molar-refractivity contribution is 7.89. The molecule has 0 radical (unpaired) electrons. The number of aromatic nitrogens is 2. The van der Waals surface area contributed by atoms with Crippen LogP contribution in [0.15, 0.2) is 35.1 Å². The third-order valence-corrected chi connectivity index (χ3v) is 7.17. The van der Waals surface area contributed by atoms with Gasteiger partial charge in [-0.2, -0.15) is 0 Å². The number of amides is 1. The van der Waals surface area contributed by atoms with Crippen LogP contribution in [0.4, 0.5) is 0 Å². The Balaban J connectivity index is 1.64. The molecule has 0 N–H and O–H groups in total. The van der Waals surface area contributed by atoms with Gasteiger partial charge >= 0.3 is 0 Å². The molecule has 3 heterocycles. The van der Waals surface area contributed by atoms with Crippen LogP contribution in [0, 0.1) is 0 Å². The van der Waals surface area contributed by atoms with Gasteiger partial charge in [0.05, 0.1) is 5.75 Å². The van der Waals surface area contributed by atoms with Crippen LogP contribution in [-0.2, 0) is 27.8 Å². The van der Waals surface area contributed by atoms with Gasteiger partial charge in [0, 0.05) is 57.5 Å². The zero-order chi connectivity index (χ0) is 21.4. The first-order chi connectivity index (χ1) is 14.4. The first kappa shape index (κ1) is 22.7. The highest BCUT2D eigenvalue weighted by Crippen LogP contribution is 2.16. The summed E-state index contributed by atoms with van der Waals surface area (Å²) in [6.07, 6.45) is 7.75. The average Bonchev–Trinajstić information content (AvgIpc) is 2.97. The van der Waals surface area contributed by atoms with Crippen molar-refractivity contribution in [3.05, 3.63) is 47.1 Å². The van der Waals surface area contributed by atoms with Gasteiger partial charge in [-0.25, -0.2) is 12.7 Å². The summed E-state index contributed by atoms with van der Waals surface area (Å²) in [7, 11) is -3.41. The van der Waals surface area contributed by atoms with Crippen molar-refractivity contribution in [2.75, 3.05) is 25.4 Å². The highest BCUT2D eigenvalue weighted by atomic mass is 35.5. The summed E-state index contributed by atoms with van der Waals surface area (Å²) >= 11 is 5.75. The van der Waals surface area contributed by atoms with E-state index in [0.717, 1.165) is 31.2 Å². The Morgan fingerprint density at radius 2 is 2.00 bits per heavy atom. The van der Waals surface area contributed by atoms with Crippen LogP contribution in [0.1, 0.15) is 43.4 Å². The van der Waals surface area contributed by atoms with Gasteiger partial charge in [0.15, 0.2) is 5.15 Å². The molecule has 1 amide bonds. The number of halogens is 1. The maximum atomic E-state index is 12.9. The zero-order valence-corrected chi connectivity index (χ0v) is 18.4. The van der Waals surface area contributed by atoms with Crippen LogP contribution < -0.4 is 0 Å². The smallest absolute Gasteiger partial charge is 0.223 e. The highest BCUT2D eigenvalue weighted by Gasteiger charge is 2.25. The van der Waals surface area contributed by atoms with Gasteiger partial charge in [0.25, 0.3) is 0 Å². The van der Waals surface area contributed by atoms with Gasteiger partial charge in [-0.05, 0) is 24.5 Å². The summed E-state index contributed by atoms with van der Waals surface area (Å²) in [6.45, 7) is 1.55. The number of rotatable bonds is 9. The Morgan fingerprint density at radius 3 is 2.63 bits per heavy atom. The number of sulfonamides is 1. The summed E-state index contributed by atoms with van der Waals surface area (Å²) in [5.74, 6) is 0.275. The predicted octanol–water partition coefficient (Wildman–Crippen LogP) is 2.89. The number of carbonyl (C=O) groups excluding carboxylic acids is 1. The molecule has 0 aliphatic carbocycles. The Hall–Kier alpha value is -1.97. The largest absolute Gasteiger partial charge is 0.360 e. The number of hydrogen-bond donors (Lipinski definition) is 0. The second kappa shape index (κ2) is 10.9. The normalized spacial score (nSPS) is 15.6. The molecule has 0 aromatic carbocycles. The maximum absolute atomic E-state index is 12.9. The molecule has 164 valence electrons. The molecule has 0 atom stereocenters. The van der Waals surface area contributed by atoms with E-state index in [-0.39, 0.29) is 29.8 Å². The van der Waals surface area contributed by atoms with Crippen LogP contribution in [0.5, 0.6) is 0 Å². The van der Waals surface area contributed by atoms with E-state index in [9.17, 15) is 13.2 Å². The summed E-state index contributed by atoms with van der Waals surface area (Å²) in [4.78, 5) is 18.5. The number of aryl methyl sites for hydroxylation is 1. The summed E-state index contributed by atoms with van der Waals surface area (Å²) in [5, 5.41) is 3.85. The molecule has 1 aliphatic heterocycles. The first-order valence-corrected chi connectivity index (χ1v) is 12.2. The second-order valence-electron chi connectivity index (χ2n) is 7.42. The van der Waals surface area contributed by atoms with Crippen molar-refractivity contribution in [2.24, 2.45) is 0 Å². The van der Waals surface area contributed by atoms with Crippen LogP contribution >= 0.6 is 11.6 Å². The number of pyridine rings is 1. The lowest BCUT2D eigenvalue weighted by Gasteiger charge is -2.25. The van der Waals surface area contributed by atoms with Crippen molar-refractivity contribution in [3.8, 4) is 0 Å². The fourth-order valence-corrected chi connectivity index (χ4v) is 5.15. The number of nitrogens with zero attached hydrogens (tertiary/aromatic N) is 4. The Bertz CT molecular complexity index is 912. The zero-order valence-electron chi connectivity index (χ0n) is 16.9. The molecule has 8 nitrogen and oxygen atoms in total. The van der Waals surface area contributed by atoms with Crippen LogP contribution in [0.3, 0.4) is 0 Å². The third kappa shape index (κ3) is 6.78. The lowest BCUT2D eigenvalue weighted by Crippen LogP contribution is -2.40. The van der Waals surface area contributed by atoms with Gasteiger partial charge in [-0.15, -0.1) is 0 Å². The van der Waals surface area contributed by atoms with Crippen molar-refractivity contribution in [2.45, 2.75) is 45.1 Å². The molecular weight excluding hydrogens is 428 g/mol. The quantitative estimate of drug-likeness (QED) is 0.578. The van der Waals surface area contributed by atoms with Gasteiger partial charge in [-0.1, -0.05) is 35.7 Å². The molecule has 1 saturated heterocycles. The van der Waals surface area contributed by atoms with E-state index >= 15 is 0 Å². The predicted molar refractivity (Wildman–Crippen MR) is 113 cm³/mol. The second-order valence-corrected chi connectivity index (χ2v) is 9.90. The summed E-state index contributed by atoms with van der Waals surface area (Å²) in [5.41, 5.74) is 0.848. The van der Waals surface area contributed by atoms with Crippen LogP contribution in [0.2, 0.25) is 5.15 Å². The van der Waals surface area contributed by atoms with Crippen molar-refractivity contribution >= 4 is 27.5 Å². The van der Waals surface area contributed by atoms with E-state index in [4.69, 9.17) is 16.1 Å². The molecule has 10 heteroatoms. The van der Waals surface area contributed by atoms with E-state index in [0.29, 0.717) is 31.8 Å². The SMILES string of the molecule is O=C(CCc1cc(Cl)no1)N(CCS(=O)(=O)N1CCCCCC1)Cc1cccnc1. The maximum Gasteiger partial charge on any atom is 0.223 e. The molecule has 0 unspecified atom stereocenters. The standard InChI is InChI=1S/C20H27ClN4O4S/c21-19-14-18(29-23-19)7-8-20(26)24(16-17-6-5-9-22-15-17)12-13-30(27,28)25-10-3-1-2-4-11-25/h5-6,9,14-15H,1-4,7-8,10-13,16H2. The average molecular weight is 455 g/mol. The lowest BCUT2D eigenvalue weighted by molar-refractivity contribution is -0.131. The number of carbonyl (C=O) groups is 1. The minimum absolute atomic E-state index is 0.0901. The fourth-order valence-electron chi connectivity index (χ4n) is 3.47. The van der Waals surface area contributed by atoms with E-state index in [1.54, 1.807) is 33.7 Å². The van der Waals surface area contributed by atoms with E-state index in [2.05, 4.69) is 10.1 Å². The minimum atomic E-state index is -3.41. The van der Waals surface area contributed by atoms with Gasteiger partial charge < -0.3 is 9.42 Å². The van der Waals surface area contributed by atoms with Crippen LogP contribution in [-0.4, -0.2) is 59.1 Å². The molecule has 2 aromatic heterocycles. The molecule has 0 bridgehead atoms. The van der Waals surface area contributed by atoms with Crippen molar-refractivity contribution in [1.29, 1.82) is 0 Å². The molecule has 3 rings (SSSR count). The van der Waals surface area contributed by atoms with Gasteiger partial charge in [0.1, 0.15) is 5.76 Å². The molecule has 2 aromatic rings. The topological polar surface area (TPSA) is 96.6 Å². The van der Waals surface area contributed by atoms with E-state index in [1.165, 1.54) is 0 Å². The van der Waals surface area contributed by atoms with Crippen molar-refractivity contribution in [3.63, 3.8) is 0 Å². The number of hydrogen-bond acceptors (Lipinski definition) is 6. The van der Waals surface area contributed by atoms with Gasteiger partial charge in [-0.3, -0.25) is 9.78 Å². The molecule has 0 saturated carbocycles. The molecule has 1 fully saturated rings. The molecule has 1 aliphatic rings. The first-order valence-electron chi connectivity index (χ1n) is 10.2. The molecule has 0 spiro atoms. The summed E-state index contributed by atoms with van der Waals surface area (Å²) < 4.78 is 32.3. The Kier molecular flexibility index (Phi) is 8.24. The van der Waals surface area contributed by atoms with Crippen molar-refractivity contribution < 1.29 is 17.7 Å². The van der Waals surface area contributed by atoms with E-state index in [1.807, 2.05) is 6.07 Å². The monoisotopic (exact) mass is 454 g/mol. The van der Waals surface area contributed by atoms with E-state index < -0.39 is 10.0 Å². The minimum Gasteiger partial charge on any atom is -0.360 e. The Morgan fingerprint density at radius 1 is 1.23 bits per heavy atom. The fraction of sp³-hybridized carbons (Fsp3) is 0.550. The van der Waals surface area contributed by atoms with Crippen LogP contribution in [0.25, 0.3) is 0 Å². The summed E-state index contributed by atoms with van der Waals surface area (Å²) in [6, 6.07) is 5.24. The lowest BCUT2D eigenvalue weighted by atomic mass is 10.2.